The lowest BCUT2D eigenvalue weighted by Crippen LogP contribution is -2.28. The van der Waals surface area contributed by atoms with Gasteiger partial charge in [0.05, 0.1) is 24.6 Å². The number of hydrogen-bond acceptors (Lipinski definition) is 6. The third kappa shape index (κ3) is 8.23. The molecule has 9 nitrogen and oxygen atoms in total. The van der Waals surface area contributed by atoms with Crippen molar-refractivity contribution in [3.05, 3.63) is 107 Å². The number of amides is 1. The monoisotopic (exact) mass is 615 g/mol. The van der Waals surface area contributed by atoms with Crippen molar-refractivity contribution in [3.8, 4) is 22.3 Å². The van der Waals surface area contributed by atoms with Crippen LogP contribution in [0.2, 0.25) is 0 Å². The van der Waals surface area contributed by atoms with Crippen LogP contribution in [0.25, 0.3) is 22.3 Å². The number of aliphatic hydroxyl groups excluding tert-OH is 2. The number of halogens is 1. The van der Waals surface area contributed by atoms with Gasteiger partial charge in [-0.15, -0.1) is 0 Å². The molecule has 2 atom stereocenters. The van der Waals surface area contributed by atoms with Gasteiger partial charge >= 0.3 is 5.97 Å². The molecule has 10 heteroatoms. The molecule has 236 valence electrons. The van der Waals surface area contributed by atoms with E-state index in [-0.39, 0.29) is 37.4 Å². The van der Waals surface area contributed by atoms with E-state index in [1.54, 1.807) is 24.3 Å². The summed E-state index contributed by atoms with van der Waals surface area (Å²) in [7, 11) is 0. The topological polar surface area (TPSA) is 152 Å². The first-order valence-electron chi connectivity index (χ1n) is 14.7. The maximum absolute atomic E-state index is 14.1. The van der Waals surface area contributed by atoms with E-state index in [4.69, 9.17) is 5.11 Å². The third-order valence-corrected chi connectivity index (χ3v) is 7.52. The highest BCUT2D eigenvalue weighted by atomic mass is 19.1. The summed E-state index contributed by atoms with van der Waals surface area (Å²) in [6.45, 7) is 3.87. The van der Waals surface area contributed by atoms with E-state index in [1.807, 2.05) is 48.7 Å². The molecule has 0 radical (unpaired) electrons. The maximum Gasteiger partial charge on any atom is 0.305 e. The molecule has 3 aromatic carbocycles. The minimum absolute atomic E-state index is 0.00908. The van der Waals surface area contributed by atoms with Gasteiger partial charge < -0.3 is 35.1 Å². The molecule has 0 saturated heterocycles. The maximum atomic E-state index is 14.1. The summed E-state index contributed by atoms with van der Waals surface area (Å²) in [5, 5.41) is 44.1. The summed E-state index contributed by atoms with van der Waals surface area (Å²) in [5.74, 6) is -3.34. The number of nitrogens with one attached hydrogen (secondary N) is 1. The Balaban J connectivity index is 1.84. The van der Waals surface area contributed by atoms with Crippen molar-refractivity contribution >= 4 is 17.8 Å². The number of carbonyl (C=O) groups is 3. The normalized spacial score (nSPS) is 12.6. The van der Waals surface area contributed by atoms with Gasteiger partial charge in [-0.05, 0) is 73.6 Å². The number of aliphatic hydroxyl groups is 2. The zero-order valence-corrected chi connectivity index (χ0v) is 25.1. The standard InChI is InChI=1S/C35H37FN2O7/c1-21(2)38-29(16-15-27(39)18-28(40)19-30(41)42)31(24-11-13-26(36)14-12-24)32(23-8-4-3-5-9-23)33(38)34(43)37-20-22-7-6-10-25(17-22)35(44)45/h3-14,17,21,27-28,39-40H,15-16,18-20H2,1-2H3,(H,37,43)(H,41,42)(H,44,45)/p-1/t27-,28-/m1/s1. The lowest BCUT2D eigenvalue weighted by atomic mass is 9.92. The largest absolute Gasteiger partial charge is 0.545 e. The van der Waals surface area contributed by atoms with Gasteiger partial charge in [-0.3, -0.25) is 9.59 Å². The van der Waals surface area contributed by atoms with E-state index in [2.05, 4.69) is 5.32 Å². The van der Waals surface area contributed by atoms with Gasteiger partial charge in [0.1, 0.15) is 11.5 Å². The molecule has 0 aliphatic heterocycles. The molecule has 1 amide bonds. The summed E-state index contributed by atoms with van der Waals surface area (Å²) >= 11 is 0. The zero-order chi connectivity index (χ0) is 32.7. The number of carboxylic acid groups (broad SMARTS) is 2. The number of nitrogens with zero attached hydrogens (tertiary/aromatic N) is 1. The zero-order valence-electron chi connectivity index (χ0n) is 25.1. The van der Waals surface area contributed by atoms with Crippen LogP contribution >= 0.6 is 0 Å². The molecule has 1 heterocycles. The fourth-order valence-electron chi connectivity index (χ4n) is 5.58. The first-order chi connectivity index (χ1) is 21.5. The Morgan fingerprint density at radius 2 is 1.56 bits per heavy atom. The number of benzene rings is 3. The van der Waals surface area contributed by atoms with Gasteiger partial charge in [-0.25, -0.2) is 4.39 Å². The predicted octanol–water partition coefficient (Wildman–Crippen LogP) is 4.35. The molecule has 4 N–H and O–H groups in total. The average Bonchev–Trinajstić information content (AvgIpc) is 3.35. The first-order valence-corrected chi connectivity index (χ1v) is 14.7. The number of aliphatic carboxylic acids is 1. The van der Waals surface area contributed by atoms with Crippen LogP contribution in [-0.4, -0.2) is 49.9 Å². The Kier molecular flexibility index (Phi) is 10.9. The van der Waals surface area contributed by atoms with Gasteiger partial charge in [0.2, 0.25) is 0 Å². The predicted molar refractivity (Wildman–Crippen MR) is 165 cm³/mol. The van der Waals surface area contributed by atoms with Gasteiger partial charge in [-0.1, -0.05) is 60.7 Å². The minimum Gasteiger partial charge on any atom is -0.545 e. The Bertz CT molecular complexity index is 1650. The summed E-state index contributed by atoms with van der Waals surface area (Å²) < 4.78 is 15.9. The van der Waals surface area contributed by atoms with Gasteiger partial charge in [-0.2, -0.15) is 0 Å². The summed E-state index contributed by atoms with van der Waals surface area (Å²) in [6.07, 6.45) is -2.45. The molecule has 4 aromatic rings. The molecule has 45 heavy (non-hydrogen) atoms. The van der Waals surface area contributed by atoms with Crippen molar-refractivity contribution in [2.45, 2.75) is 64.3 Å². The Labute approximate surface area is 260 Å². The highest BCUT2D eigenvalue weighted by Gasteiger charge is 2.30. The van der Waals surface area contributed by atoms with Crippen molar-refractivity contribution in [2.24, 2.45) is 0 Å². The third-order valence-electron chi connectivity index (χ3n) is 7.52. The van der Waals surface area contributed by atoms with Crippen molar-refractivity contribution in [1.29, 1.82) is 0 Å². The van der Waals surface area contributed by atoms with Crippen LogP contribution in [0.15, 0.2) is 78.9 Å². The van der Waals surface area contributed by atoms with Crippen LogP contribution in [0.3, 0.4) is 0 Å². The highest BCUT2D eigenvalue weighted by Crippen LogP contribution is 2.42. The average molecular weight is 616 g/mol. The number of carboxylic acids is 2. The second-order valence-electron chi connectivity index (χ2n) is 11.2. The molecule has 0 aliphatic carbocycles. The van der Waals surface area contributed by atoms with Crippen LogP contribution in [0.1, 0.15) is 71.3 Å². The highest BCUT2D eigenvalue weighted by molar-refractivity contribution is 6.05. The molecule has 0 fully saturated rings. The summed E-state index contributed by atoms with van der Waals surface area (Å²) in [4.78, 5) is 36.5. The number of aromatic nitrogens is 1. The fourth-order valence-corrected chi connectivity index (χ4v) is 5.58. The van der Waals surface area contributed by atoms with Crippen LogP contribution in [0, 0.1) is 5.82 Å². The quantitative estimate of drug-likeness (QED) is 0.165. The number of rotatable bonds is 14. The summed E-state index contributed by atoms with van der Waals surface area (Å²) in [6, 6.07) is 21.1. The molecule has 4 rings (SSSR count). The molecule has 1 aromatic heterocycles. The minimum atomic E-state index is -1.32. The second-order valence-corrected chi connectivity index (χ2v) is 11.2. The number of hydrogen-bond donors (Lipinski definition) is 4. The molecule has 0 aliphatic rings. The van der Waals surface area contributed by atoms with E-state index < -0.39 is 42.3 Å². The molecule has 0 spiro atoms. The molecular formula is C35H36FN2O7-. The van der Waals surface area contributed by atoms with E-state index in [9.17, 15) is 34.1 Å². The van der Waals surface area contributed by atoms with E-state index in [0.29, 0.717) is 33.6 Å². The molecule has 0 bridgehead atoms. The van der Waals surface area contributed by atoms with Crippen molar-refractivity contribution < 1.29 is 39.2 Å². The molecule has 0 saturated carbocycles. The van der Waals surface area contributed by atoms with E-state index in [1.165, 1.54) is 24.3 Å². The van der Waals surface area contributed by atoms with Gasteiger partial charge in [0.15, 0.2) is 0 Å². The van der Waals surface area contributed by atoms with Crippen molar-refractivity contribution in [1.82, 2.24) is 9.88 Å². The number of carbonyl (C=O) groups excluding carboxylic acids is 2. The van der Waals surface area contributed by atoms with Crippen LogP contribution in [0.4, 0.5) is 4.39 Å². The van der Waals surface area contributed by atoms with Crippen LogP contribution in [-0.2, 0) is 17.8 Å². The lowest BCUT2D eigenvalue weighted by molar-refractivity contribution is -0.255. The van der Waals surface area contributed by atoms with E-state index >= 15 is 0 Å². The van der Waals surface area contributed by atoms with Crippen LogP contribution < -0.4 is 10.4 Å². The lowest BCUT2D eigenvalue weighted by Gasteiger charge is -2.20. The van der Waals surface area contributed by atoms with Crippen molar-refractivity contribution in [2.75, 3.05) is 0 Å². The Morgan fingerprint density at radius 3 is 2.18 bits per heavy atom. The molecular weight excluding hydrogens is 579 g/mol. The van der Waals surface area contributed by atoms with E-state index in [0.717, 1.165) is 5.56 Å². The Morgan fingerprint density at radius 1 is 0.889 bits per heavy atom. The summed E-state index contributed by atoms with van der Waals surface area (Å²) in [5.41, 5.74) is 4.26. The van der Waals surface area contributed by atoms with Gasteiger partial charge in [0.25, 0.3) is 5.91 Å². The van der Waals surface area contributed by atoms with Crippen molar-refractivity contribution in [3.63, 3.8) is 0 Å². The smallest absolute Gasteiger partial charge is 0.305 e. The molecule has 0 unspecified atom stereocenters. The fraction of sp³-hybridized carbons (Fsp3) is 0.286. The van der Waals surface area contributed by atoms with Crippen LogP contribution in [0.5, 0.6) is 0 Å². The SMILES string of the molecule is CC(C)n1c(CC[C@@H](O)C[C@@H](O)CC(=O)O)c(-c2ccc(F)cc2)c(-c2ccccc2)c1C(=O)NCc1cccc(C(=O)[O-])c1. The second kappa shape index (κ2) is 14.8. The first kappa shape index (κ1) is 33.1. The van der Waals surface area contributed by atoms with Gasteiger partial charge in [0, 0.05) is 29.4 Å². The Hall–Kier alpha value is -4.80. The number of aromatic carboxylic acids is 1.